The Balaban J connectivity index is 2.02. The summed E-state index contributed by atoms with van der Waals surface area (Å²) in [5, 5.41) is 5.35. The van der Waals surface area contributed by atoms with Crippen molar-refractivity contribution < 1.29 is 9.59 Å². The van der Waals surface area contributed by atoms with Gasteiger partial charge in [-0.3, -0.25) is 9.59 Å². The molecule has 0 radical (unpaired) electrons. The van der Waals surface area contributed by atoms with Crippen LogP contribution in [0.3, 0.4) is 0 Å². The van der Waals surface area contributed by atoms with Crippen LogP contribution in [0, 0.1) is 11.8 Å². The van der Waals surface area contributed by atoms with Gasteiger partial charge >= 0.3 is 0 Å². The molecule has 0 spiro atoms. The van der Waals surface area contributed by atoms with E-state index in [4.69, 9.17) is 0 Å². The van der Waals surface area contributed by atoms with E-state index in [1.807, 2.05) is 42.6 Å². The van der Waals surface area contributed by atoms with E-state index >= 15 is 0 Å². The fourth-order valence-electron chi connectivity index (χ4n) is 3.29. The Morgan fingerprint density at radius 3 is 2.52 bits per heavy atom. The van der Waals surface area contributed by atoms with Gasteiger partial charge in [0, 0.05) is 23.4 Å². The smallest absolute Gasteiger partial charge is 0.245 e. The molecule has 1 atom stereocenters. The van der Waals surface area contributed by atoms with Crippen molar-refractivity contribution in [1.29, 1.82) is 0 Å². The standard InChI is InChI=1S/C23H33N3O2S/c1-5-7-11-18(6-2)22(28)26(14-17(3)4)15-21(27)25-23-24-20(16-29-23)19-12-9-8-10-13-19/h8-10,12-13,16-18H,5-7,11,14-15H2,1-4H3,(H,24,25,27). The van der Waals surface area contributed by atoms with Gasteiger partial charge in [0.1, 0.15) is 0 Å². The lowest BCUT2D eigenvalue weighted by molar-refractivity contribution is -0.139. The van der Waals surface area contributed by atoms with Gasteiger partial charge in [-0.05, 0) is 18.8 Å². The lowest BCUT2D eigenvalue weighted by atomic mass is 9.97. The number of anilines is 1. The summed E-state index contributed by atoms with van der Waals surface area (Å²) in [6.07, 6.45) is 3.80. The second kappa shape index (κ2) is 11.7. The quantitative estimate of drug-likeness (QED) is 0.531. The summed E-state index contributed by atoms with van der Waals surface area (Å²) < 4.78 is 0. The zero-order valence-corrected chi connectivity index (χ0v) is 18.8. The average Bonchev–Trinajstić information content (AvgIpc) is 3.16. The van der Waals surface area contributed by atoms with Crippen LogP contribution >= 0.6 is 11.3 Å². The highest BCUT2D eigenvalue weighted by molar-refractivity contribution is 7.14. The Kier molecular flexibility index (Phi) is 9.32. The minimum absolute atomic E-state index is 0.00829. The highest BCUT2D eigenvalue weighted by Crippen LogP contribution is 2.24. The molecule has 29 heavy (non-hydrogen) atoms. The van der Waals surface area contributed by atoms with Crippen LogP contribution in [0.4, 0.5) is 5.13 Å². The largest absolute Gasteiger partial charge is 0.333 e. The van der Waals surface area contributed by atoms with E-state index in [1.165, 1.54) is 11.3 Å². The van der Waals surface area contributed by atoms with E-state index in [0.29, 0.717) is 17.6 Å². The second-order valence-corrected chi connectivity index (χ2v) is 8.67. The van der Waals surface area contributed by atoms with Gasteiger partial charge in [-0.15, -0.1) is 11.3 Å². The van der Waals surface area contributed by atoms with Crippen molar-refractivity contribution in [3.8, 4) is 11.3 Å². The number of hydrogen-bond donors (Lipinski definition) is 1. The maximum absolute atomic E-state index is 13.0. The minimum atomic E-state index is -0.196. The van der Waals surface area contributed by atoms with Crippen molar-refractivity contribution in [2.75, 3.05) is 18.4 Å². The highest BCUT2D eigenvalue weighted by Gasteiger charge is 2.25. The third kappa shape index (κ3) is 7.28. The third-order valence-corrected chi connectivity index (χ3v) is 5.56. The summed E-state index contributed by atoms with van der Waals surface area (Å²) in [6.45, 7) is 8.97. The van der Waals surface area contributed by atoms with Gasteiger partial charge < -0.3 is 10.2 Å². The van der Waals surface area contributed by atoms with Crippen molar-refractivity contribution >= 4 is 28.3 Å². The number of carbonyl (C=O) groups is 2. The van der Waals surface area contributed by atoms with Gasteiger partial charge in [-0.2, -0.15) is 0 Å². The van der Waals surface area contributed by atoms with E-state index in [2.05, 4.69) is 31.1 Å². The lowest BCUT2D eigenvalue weighted by Crippen LogP contribution is -2.43. The van der Waals surface area contributed by atoms with Crippen LogP contribution in [0.5, 0.6) is 0 Å². The van der Waals surface area contributed by atoms with Crippen LogP contribution in [-0.2, 0) is 9.59 Å². The van der Waals surface area contributed by atoms with E-state index in [1.54, 1.807) is 4.90 Å². The molecule has 1 unspecified atom stereocenters. The molecular weight excluding hydrogens is 382 g/mol. The number of thiazole rings is 1. The fourth-order valence-corrected chi connectivity index (χ4v) is 4.02. The van der Waals surface area contributed by atoms with Gasteiger partial charge in [-0.1, -0.05) is 70.9 Å². The van der Waals surface area contributed by atoms with Crippen LogP contribution in [0.25, 0.3) is 11.3 Å². The van der Waals surface area contributed by atoms with Crippen LogP contribution in [-0.4, -0.2) is 34.8 Å². The number of nitrogens with zero attached hydrogens (tertiary/aromatic N) is 2. The maximum Gasteiger partial charge on any atom is 0.245 e. The Morgan fingerprint density at radius 1 is 1.17 bits per heavy atom. The SMILES string of the molecule is CCCCC(CC)C(=O)N(CC(=O)Nc1nc(-c2ccccc2)cs1)CC(C)C. The van der Waals surface area contributed by atoms with Crippen molar-refractivity contribution in [2.45, 2.75) is 53.4 Å². The molecule has 1 aromatic carbocycles. The monoisotopic (exact) mass is 415 g/mol. The Hall–Kier alpha value is -2.21. The zero-order chi connectivity index (χ0) is 21.2. The summed E-state index contributed by atoms with van der Waals surface area (Å²) in [5.74, 6) is 0.193. The molecule has 6 heteroatoms. The second-order valence-electron chi connectivity index (χ2n) is 7.81. The molecule has 0 aliphatic rings. The lowest BCUT2D eigenvalue weighted by Gasteiger charge is -2.28. The molecule has 1 aromatic heterocycles. The summed E-state index contributed by atoms with van der Waals surface area (Å²) in [6, 6.07) is 9.87. The fraction of sp³-hybridized carbons (Fsp3) is 0.522. The molecular formula is C23H33N3O2S. The van der Waals surface area contributed by atoms with Crippen molar-refractivity contribution in [3.63, 3.8) is 0 Å². The number of hydrogen-bond acceptors (Lipinski definition) is 4. The number of nitrogens with one attached hydrogen (secondary N) is 1. The number of aromatic nitrogens is 1. The van der Waals surface area contributed by atoms with Crippen molar-refractivity contribution in [1.82, 2.24) is 9.88 Å². The number of amides is 2. The summed E-state index contributed by atoms with van der Waals surface area (Å²) in [7, 11) is 0. The molecule has 2 rings (SSSR count). The van der Waals surface area contributed by atoms with Crippen LogP contribution in [0.1, 0.15) is 53.4 Å². The third-order valence-electron chi connectivity index (χ3n) is 4.80. The molecule has 0 saturated heterocycles. The van der Waals surface area contributed by atoms with Crippen LogP contribution in [0.2, 0.25) is 0 Å². The molecule has 0 aliphatic heterocycles. The van der Waals surface area contributed by atoms with Crippen molar-refractivity contribution in [3.05, 3.63) is 35.7 Å². The first-order valence-electron chi connectivity index (χ1n) is 10.5. The molecule has 158 valence electrons. The van der Waals surface area contributed by atoms with Crippen molar-refractivity contribution in [2.24, 2.45) is 11.8 Å². The first-order valence-corrected chi connectivity index (χ1v) is 11.4. The number of rotatable bonds is 11. The zero-order valence-electron chi connectivity index (χ0n) is 18.0. The first-order chi connectivity index (χ1) is 13.9. The Morgan fingerprint density at radius 2 is 1.90 bits per heavy atom. The van der Waals surface area contributed by atoms with Gasteiger partial charge in [0.15, 0.2) is 5.13 Å². The number of carbonyl (C=O) groups excluding carboxylic acids is 2. The first kappa shape index (κ1) is 23.1. The van der Waals surface area contributed by atoms with E-state index in [0.717, 1.165) is 36.9 Å². The number of benzene rings is 1. The molecule has 0 saturated carbocycles. The molecule has 5 nitrogen and oxygen atoms in total. The van der Waals surface area contributed by atoms with Crippen LogP contribution < -0.4 is 5.32 Å². The summed E-state index contributed by atoms with van der Waals surface area (Å²) in [5.41, 5.74) is 1.86. The molecule has 0 fully saturated rings. The predicted molar refractivity (Wildman–Crippen MR) is 121 cm³/mol. The number of unbranched alkanes of at least 4 members (excludes halogenated alkanes) is 1. The maximum atomic E-state index is 13.0. The molecule has 0 bridgehead atoms. The Bertz CT molecular complexity index is 773. The average molecular weight is 416 g/mol. The van der Waals surface area contributed by atoms with E-state index < -0.39 is 0 Å². The van der Waals surface area contributed by atoms with Gasteiger partial charge in [0.25, 0.3) is 0 Å². The van der Waals surface area contributed by atoms with E-state index in [-0.39, 0.29) is 24.3 Å². The minimum Gasteiger partial charge on any atom is -0.333 e. The molecule has 2 aromatic rings. The van der Waals surface area contributed by atoms with Crippen LogP contribution in [0.15, 0.2) is 35.7 Å². The summed E-state index contributed by atoms with van der Waals surface area (Å²) >= 11 is 1.40. The van der Waals surface area contributed by atoms with E-state index in [9.17, 15) is 9.59 Å². The van der Waals surface area contributed by atoms with Gasteiger partial charge in [0.2, 0.25) is 11.8 Å². The molecule has 2 amide bonds. The topological polar surface area (TPSA) is 62.3 Å². The Labute approximate surface area is 178 Å². The normalized spacial score (nSPS) is 12.0. The van der Waals surface area contributed by atoms with Gasteiger partial charge in [0.05, 0.1) is 12.2 Å². The molecule has 0 aliphatic carbocycles. The highest BCUT2D eigenvalue weighted by atomic mass is 32.1. The predicted octanol–water partition coefficient (Wildman–Crippen LogP) is 5.45. The summed E-state index contributed by atoms with van der Waals surface area (Å²) in [4.78, 5) is 31.9. The molecule has 1 N–H and O–H groups in total. The molecule has 1 heterocycles. The van der Waals surface area contributed by atoms with Gasteiger partial charge in [-0.25, -0.2) is 4.98 Å².